The normalized spacial score (nSPS) is 10.2. The summed E-state index contributed by atoms with van der Waals surface area (Å²) in [6, 6.07) is 6.02. The molecule has 0 unspecified atom stereocenters. The minimum Gasteiger partial charge on any atom is -0.389 e. The maximum absolute atomic E-state index is 13.0. The van der Waals surface area contributed by atoms with E-state index < -0.39 is 0 Å². The van der Waals surface area contributed by atoms with Gasteiger partial charge < -0.3 is 5.73 Å². The van der Waals surface area contributed by atoms with Gasteiger partial charge in [0, 0.05) is 18.0 Å². The van der Waals surface area contributed by atoms with Crippen molar-refractivity contribution in [2.75, 3.05) is 0 Å². The molecular formula is C10H8FN3S. The van der Waals surface area contributed by atoms with Crippen LogP contribution in [0.3, 0.4) is 0 Å². The highest BCUT2D eigenvalue weighted by atomic mass is 32.1. The second-order valence-electron chi connectivity index (χ2n) is 2.98. The van der Waals surface area contributed by atoms with E-state index in [4.69, 9.17) is 18.0 Å². The largest absolute Gasteiger partial charge is 0.389 e. The number of hydrogen-bond donors (Lipinski definition) is 1. The number of benzene rings is 1. The number of rotatable bonds is 2. The summed E-state index contributed by atoms with van der Waals surface area (Å²) in [5.41, 5.74) is 6.67. The zero-order valence-electron chi connectivity index (χ0n) is 7.72. The van der Waals surface area contributed by atoms with E-state index >= 15 is 0 Å². The lowest BCUT2D eigenvalue weighted by Gasteiger charge is -2.07. The molecule has 0 amide bonds. The summed E-state index contributed by atoms with van der Waals surface area (Å²) in [6.07, 6.45) is 3.38. The molecule has 1 heterocycles. The summed E-state index contributed by atoms with van der Waals surface area (Å²) >= 11 is 4.85. The molecule has 2 rings (SSSR count). The third kappa shape index (κ3) is 1.87. The van der Waals surface area contributed by atoms with Crippen LogP contribution < -0.4 is 5.73 Å². The van der Waals surface area contributed by atoms with Crippen LogP contribution in [0, 0.1) is 5.82 Å². The molecular weight excluding hydrogens is 213 g/mol. The monoisotopic (exact) mass is 221 g/mol. The van der Waals surface area contributed by atoms with E-state index in [0.29, 0.717) is 11.3 Å². The predicted molar refractivity (Wildman–Crippen MR) is 59.4 cm³/mol. The van der Waals surface area contributed by atoms with Crippen molar-refractivity contribution in [1.29, 1.82) is 0 Å². The van der Waals surface area contributed by atoms with Crippen molar-refractivity contribution in [1.82, 2.24) is 9.78 Å². The van der Waals surface area contributed by atoms with Crippen molar-refractivity contribution in [3.63, 3.8) is 0 Å². The molecule has 5 heteroatoms. The lowest BCUT2D eigenvalue weighted by Crippen LogP contribution is -2.14. The number of halogens is 1. The Morgan fingerprint density at radius 2 is 2.27 bits per heavy atom. The lowest BCUT2D eigenvalue weighted by atomic mass is 10.1. The number of aromatic nitrogens is 2. The first-order valence-electron chi connectivity index (χ1n) is 4.28. The summed E-state index contributed by atoms with van der Waals surface area (Å²) in [5.74, 6) is -0.367. The van der Waals surface area contributed by atoms with Crippen molar-refractivity contribution in [3.05, 3.63) is 48.0 Å². The van der Waals surface area contributed by atoms with Gasteiger partial charge in [-0.3, -0.25) is 0 Å². The Balaban J connectivity index is 2.61. The molecule has 0 aliphatic rings. The van der Waals surface area contributed by atoms with E-state index in [2.05, 4.69) is 5.10 Å². The molecule has 0 radical (unpaired) electrons. The standard InChI is InChI=1S/C10H8FN3S/c11-7-2-3-9(8(6-7)10(12)15)14-5-1-4-13-14/h1-6H,(H2,12,15). The van der Waals surface area contributed by atoms with Gasteiger partial charge in [-0.15, -0.1) is 0 Å². The molecule has 2 N–H and O–H groups in total. The number of hydrogen-bond acceptors (Lipinski definition) is 2. The van der Waals surface area contributed by atoms with Crippen LogP contribution in [0.2, 0.25) is 0 Å². The molecule has 1 aromatic heterocycles. The second kappa shape index (κ2) is 3.78. The third-order valence-electron chi connectivity index (χ3n) is 1.98. The molecule has 0 saturated heterocycles. The Kier molecular flexibility index (Phi) is 2.47. The summed E-state index contributed by atoms with van der Waals surface area (Å²) < 4.78 is 14.6. The molecule has 2 aromatic rings. The number of nitrogens with zero attached hydrogens (tertiary/aromatic N) is 2. The van der Waals surface area contributed by atoms with E-state index in [-0.39, 0.29) is 10.8 Å². The van der Waals surface area contributed by atoms with E-state index in [1.165, 1.54) is 12.1 Å². The topological polar surface area (TPSA) is 43.8 Å². The Labute approximate surface area is 91.3 Å². The maximum Gasteiger partial charge on any atom is 0.124 e. The molecule has 0 bridgehead atoms. The average Bonchev–Trinajstić information content (AvgIpc) is 2.70. The van der Waals surface area contributed by atoms with Gasteiger partial charge in [0.2, 0.25) is 0 Å². The van der Waals surface area contributed by atoms with E-state index in [9.17, 15) is 4.39 Å². The number of nitrogens with two attached hydrogens (primary N) is 1. The second-order valence-corrected chi connectivity index (χ2v) is 3.42. The van der Waals surface area contributed by atoms with Crippen molar-refractivity contribution in [2.45, 2.75) is 0 Å². The Hall–Kier alpha value is -1.75. The molecule has 0 aliphatic heterocycles. The highest BCUT2D eigenvalue weighted by Crippen LogP contribution is 2.15. The summed E-state index contributed by atoms with van der Waals surface area (Å²) in [7, 11) is 0. The quantitative estimate of drug-likeness (QED) is 0.784. The van der Waals surface area contributed by atoms with Crippen molar-refractivity contribution in [2.24, 2.45) is 5.73 Å². The van der Waals surface area contributed by atoms with Gasteiger partial charge in [-0.1, -0.05) is 12.2 Å². The highest BCUT2D eigenvalue weighted by Gasteiger charge is 2.08. The van der Waals surface area contributed by atoms with Crippen molar-refractivity contribution in [3.8, 4) is 5.69 Å². The van der Waals surface area contributed by atoms with Gasteiger partial charge in [0.1, 0.15) is 10.8 Å². The molecule has 15 heavy (non-hydrogen) atoms. The minimum atomic E-state index is -0.367. The van der Waals surface area contributed by atoms with Crippen LogP contribution in [0.1, 0.15) is 5.56 Å². The molecule has 0 spiro atoms. The number of thiocarbonyl (C=S) groups is 1. The average molecular weight is 221 g/mol. The first kappa shape index (κ1) is 9.79. The first-order valence-corrected chi connectivity index (χ1v) is 4.68. The summed E-state index contributed by atoms with van der Waals surface area (Å²) in [4.78, 5) is 0.153. The van der Waals surface area contributed by atoms with Gasteiger partial charge in [-0.2, -0.15) is 5.10 Å². The van der Waals surface area contributed by atoms with E-state index in [1.807, 2.05) is 0 Å². The Morgan fingerprint density at radius 1 is 1.47 bits per heavy atom. The fourth-order valence-corrected chi connectivity index (χ4v) is 1.48. The van der Waals surface area contributed by atoms with Gasteiger partial charge >= 0.3 is 0 Å². The van der Waals surface area contributed by atoms with Gasteiger partial charge in [-0.05, 0) is 24.3 Å². The van der Waals surface area contributed by atoms with Crippen LogP contribution >= 0.6 is 12.2 Å². The molecule has 0 fully saturated rings. The van der Waals surface area contributed by atoms with Crippen LogP contribution in [0.4, 0.5) is 4.39 Å². The molecule has 0 atom stereocenters. The predicted octanol–water partition coefficient (Wildman–Crippen LogP) is 1.65. The van der Waals surface area contributed by atoms with Crippen LogP contribution in [0.15, 0.2) is 36.7 Å². The maximum atomic E-state index is 13.0. The van der Waals surface area contributed by atoms with Gasteiger partial charge in [-0.25, -0.2) is 9.07 Å². The summed E-state index contributed by atoms with van der Waals surface area (Å²) in [6.45, 7) is 0. The zero-order chi connectivity index (χ0) is 10.8. The van der Waals surface area contributed by atoms with Crippen molar-refractivity contribution < 1.29 is 4.39 Å². The fraction of sp³-hybridized carbons (Fsp3) is 0. The molecule has 0 aliphatic carbocycles. The SMILES string of the molecule is NC(=S)c1cc(F)ccc1-n1cccn1. The van der Waals surface area contributed by atoms with Crippen LogP contribution in [0.5, 0.6) is 0 Å². The third-order valence-corrected chi connectivity index (χ3v) is 2.20. The fourth-order valence-electron chi connectivity index (χ4n) is 1.32. The van der Waals surface area contributed by atoms with Gasteiger partial charge in [0.15, 0.2) is 0 Å². The van der Waals surface area contributed by atoms with E-state index in [0.717, 1.165) is 0 Å². The molecule has 76 valence electrons. The Morgan fingerprint density at radius 3 is 2.87 bits per heavy atom. The van der Waals surface area contributed by atoms with Crippen LogP contribution in [0.25, 0.3) is 5.69 Å². The molecule has 1 aromatic carbocycles. The first-order chi connectivity index (χ1) is 7.18. The summed E-state index contributed by atoms with van der Waals surface area (Å²) in [5, 5.41) is 4.04. The Bertz CT molecular complexity index is 493. The van der Waals surface area contributed by atoms with Gasteiger partial charge in [0.25, 0.3) is 0 Å². The van der Waals surface area contributed by atoms with Crippen LogP contribution in [-0.2, 0) is 0 Å². The molecule has 0 saturated carbocycles. The lowest BCUT2D eigenvalue weighted by molar-refractivity contribution is 0.626. The van der Waals surface area contributed by atoms with E-state index in [1.54, 1.807) is 29.2 Å². The smallest absolute Gasteiger partial charge is 0.124 e. The minimum absolute atomic E-state index is 0.153. The van der Waals surface area contributed by atoms with Crippen molar-refractivity contribution >= 4 is 17.2 Å². The highest BCUT2D eigenvalue weighted by molar-refractivity contribution is 7.80. The molecule has 3 nitrogen and oxygen atoms in total. The van der Waals surface area contributed by atoms with Gasteiger partial charge in [0.05, 0.1) is 5.69 Å². The van der Waals surface area contributed by atoms with Crippen LogP contribution in [-0.4, -0.2) is 14.8 Å². The zero-order valence-corrected chi connectivity index (χ0v) is 8.54.